The van der Waals surface area contributed by atoms with Gasteiger partial charge >= 0.3 is 0 Å². The van der Waals surface area contributed by atoms with Gasteiger partial charge in [0, 0.05) is 45.0 Å². The largest absolute Gasteiger partial charge is 0.387 e. The van der Waals surface area contributed by atoms with Crippen LogP contribution in [0.15, 0.2) is 67.0 Å². The highest BCUT2D eigenvalue weighted by Gasteiger charge is 2.39. The number of benzene rings is 2. The molecule has 1 aromatic heterocycles. The van der Waals surface area contributed by atoms with Crippen LogP contribution in [0.3, 0.4) is 0 Å². The molecule has 5 rings (SSSR count). The molecule has 3 amide bonds. The summed E-state index contributed by atoms with van der Waals surface area (Å²) in [6.45, 7) is 2.15. The summed E-state index contributed by atoms with van der Waals surface area (Å²) in [6, 6.07) is 16.5. The van der Waals surface area contributed by atoms with Crippen molar-refractivity contribution in [2.24, 2.45) is 5.92 Å². The van der Waals surface area contributed by atoms with Gasteiger partial charge < -0.3 is 14.9 Å². The summed E-state index contributed by atoms with van der Waals surface area (Å²) in [6.07, 6.45) is 4.01. The topological polar surface area (TPSA) is 99.0 Å². The number of carbonyl (C=O) groups is 3. The Bertz CT molecular complexity index is 1270. The quantitative estimate of drug-likeness (QED) is 0.477. The van der Waals surface area contributed by atoms with E-state index in [1.165, 1.54) is 4.90 Å². The zero-order chi connectivity index (χ0) is 25.9. The number of nitrogens with zero attached hydrogens (tertiary/aromatic N) is 5. The first-order valence-corrected chi connectivity index (χ1v) is 12.6. The minimum absolute atomic E-state index is 0.0176. The van der Waals surface area contributed by atoms with E-state index in [1.807, 2.05) is 42.5 Å². The monoisotopic (exact) mass is 501 g/mol. The van der Waals surface area contributed by atoms with Crippen LogP contribution < -0.4 is 4.90 Å². The highest BCUT2D eigenvalue weighted by molar-refractivity contribution is 6.23. The molecule has 2 aliphatic heterocycles. The normalized spacial score (nSPS) is 16.7. The van der Waals surface area contributed by atoms with Crippen LogP contribution in [0, 0.1) is 5.92 Å². The summed E-state index contributed by atoms with van der Waals surface area (Å²) >= 11 is 0. The number of hydrogen-bond acceptors (Lipinski definition) is 6. The van der Waals surface area contributed by atoms with E-state index in [1.54, 1.807) is 41.2 Å². The number of imide groups is 1. The first-order valence-electron chi connectivity index (χ1n) is 12.6. The van der Waals surface area contributed by atoms with Crippen LogP contribution in [0.1, 0.15) is 45.2 Å². The third-order valence-electron chi connectivity index (χ3n) is 7.28. The molecule has 1 unspecified atom stereocenters. The van der Waals surface area contributed by atoms with Crippen molar-refractivity contribution in [2.75, 3.05) is 38.1 Å². The van der Waals surface area contributed by atoms with E-state index in [0.29, 0.717) is 43.6 Å². The molecule has 9 heteroatoms. The average molecular weight is 502 g/mol. The van der Waals surface area contributed by atoms with Gasteiger partial charge in [-0.1, -0.05) is 36.4 Å². The van der Waals surface area contributed by atoms with Gasteiger partial charge in [0.15, 0.2) is 0 Å². The minimum Gasteiger partial charge on any atom is -0.387 e. The first-order chi connectivity index (χ1) is 17.9. The maximum Gasteiger partial charge on any atom is 0.263 e. The number of rotatable bonds is 8. The molecule has 1 fully saturated rings. The number of aromatic nitrogens is 2. The molecule has 0 bridgehead atoms. The van der Waals surface area contributed by atoms with E-state index in [0.717, 1.165) is 11.3 Å². The number of piperidine rings is 1. The molecule has 0 saturated carbocycles. The van der Waals surface area contributed by atoms with E-state index < -0.39 is 6.10 Å². The molecule has 1 saturated heterocycles. The van der Waals surface area contributed by atoms with E-state index in [9.17, 15) is 19.5 Å². The maximum absolute atomic E-state index is 13.3. The fourth-order valence-corrected chi connectivity index (χ4v) is 5.23. The van der Waals surface area contributed by atoms with Gasteiger partial charge in [-0.15, -0.1) is 0 Å². The lowest BCUT2D eigenvalue weighted by Crippen LogP contribution is -2.42. The molecule has 3 aromatic rings. The summed E-state index contributed by atoms with van der Waals surface area (Å²) in [7, 11) is 1.73. The van der Waals surface area contributed by atoms with Gasteiger partial charge in [0.25, 0.3) is 11.8 Å². The molecule has 2 aliphatic rings. The van der Waals surface area contributed by atoms with Gasteiger partial charge in [0.2, 0.25) is 5.91 Å². The standard InChI is InChI=1S/C28H31N5O4/c1-30(19-24(34)20-7-3-2-4-8-20)26(35)21-11-15-31(16-12-21)23-10-5-9-22-25(23)28(37)33(27(22)36)18-17-32-14-6-13-29-32/h2-10,13-14,21,24,34H,11-12,15-19H2,1H3. The fourth-order valence-electron chi connectivity index (χ4n) is 5.23. The van der Waals surface area contributed by atoms with Gasteiger partial charge in [0.1, 0.15) is 0 Å². The van der Waals surface area contributed by atoms with E-state index in [-0.39, 0.29) is 36.7 Å². The van der Waals surface area contributed by atoms with E-state index >= 15 is 0 Å². The van der Waals surface area contributed by atoms with Crippen LogP contribution in [0.5, 0.6) is 0 Å². The Balaban J connectivity index is 1.21. The Kier molecular flexibility index (Phi) is 7.05. The van der Waals surface area contributed by atoms with Crippen molar-refractivity contribution < 1.29 is 19.5 Å². The molecule has 2 aromatic carbocycles. The lowest BCUT2D eigenvalue weighted by atomic mass is 9.94. The smallest absolute Gasteiger partial charge is 0.263 e. The lowest BCUT2D eigenvalue weighted by Gasteiger charge is -2.35. The second-order valence-corrected chi connectivity index (χ2v) is 9.64. The van der Waals surface area contributed by atoms with E-state index in [4.69, 9.17) is 0 Å². The number of hydrogen-bond donors (Lipinski definition) is 1. The number of carbonyl (C=O) groups excluding carboxylic acids is 3. The maximum atomic E-state index is 13.3. The Morgan fingerprint density at radius 3 is 2.49 bits per heavy atom. The molecular weight excluding hydrogens is 470 g/mol. The Labute approximate surface area is 215 Å². The number of aliphatic hydroxyl groups excluding tert-OH is 1. The van der Waals surface area contributed by atoms with Crippen LogP contribution in [0.2, 0.25) is 0 Å². The van der Waals surface area contributed by atoms with Crippen LogP contribution in [0.4, 0.5) is 5.69 Å². The Morgan fingerprint density at radius 1 is 1.03 bits per heavy atom. The molecule has 37 heavy (non-hydrogen) atoms. The van der Waals surface area contributed by atoms with Crippen LogP contribution in [-0.4, -0.2) is 75.6 Å². The first kappa shape index (κ1) is 24.7. The average Bonchev–Trinajstić information content (AvgIpc) is 3.54. The van der Waals surface area contributed by atoms with Crippen molar-refractivity contribution >= 4 is 23.4 Å². The summed E-state index contributed by atoms with van der Waals surface area (Å²) in [4.78, 5) is 44.4. The second-order valence-electron chi connectivity index (χ2n) is 9.64. The highest BCUT2D eigenvalue weighted by atomic mass is 16.3. The molecule has 9 nitrogen and oxygen atoms in total. The zero-order valence-electron chi connectivity index (χ0n) is 20.9. The predicted molar refractivity (Wildman–Crippen MR) is 138 cm³/mol. The fraction of sp³-hybridized carbons (Fsp3) is 0.357. The third kappa shape index (κ3) is 4.99. The molecule has 0 radical (unpaired) electrons. The number of anilines is 1. The van der Waals surface area contributed by atoms with Crippen LogP contribution in [-0.2, 0) is 11.3 Å². The molecule has 0 aliphatic carbocycles. The van der Waals surface area contributed by atoms with Gasteiger partial charge in [-0.25, -0.2) is 0 Å². The van der Waals surface area contributed by atoms with Gasteiger partial charge in [-0.3, -0.25) is 24.0 Å². The molecule has 3 heterocycles. The number of amides is 3. The van der Waals surface area contributed by atoms with Crippen molar-refractivity contribution in [3.05, 3.63) is 83.7 Å². The van der Waals surface area contributed by atoms with Crippen molar-refractivity contribution in [3.63, 3.8) is 0 Å². The predicted octanol–water partition coefficient (Wildman–Crippen LogP) is 2.59. The van der Waals surface area contributed by atoms with E-state index in [2.05, 4.69) is 10.00 Å². The Morgan fingerprint density at radius 2 is 1.78 bits per heavy atom. The number of likely N-dealkylation sites (N-methyl/N-ethyl adjacent to an activating group) is 1. The van der Waals surface area contributed by atoms with Crippen molar-refractivity contribution in [1.29, 1.82) is 0 Å². The van der Waals surface area contributed by atoms with Gasteiger partial charge in [-0.2, -0.15) is 5.10 Å². The SMILES string of the molecule is CN(CC(O)c1ccccc1)C(=O)C1CCN(c2cccc3c2C(=O)N(CCn2cccn2)C3=O)CC1. The van der Waals surface area contributed by atoms with Crippen LogP contribution >= 0.6 is 0 Å². The Hall–Kier alpha value is -3.98. The van der Waals surface area contributed by atoms with Crippen molar-refractivity contribution in [1.82, 2.24) is 19.6 Å². The number of aliphatic hydroxyl groups is 1. The van der Waals surface area contributed by atoms with Crippen LogP contribution in [0.25, 0.3) is 0 Å². The molecular formula is C28H31N5O4. The third-order valence-corrected chi connectivity index (χ3v) is 7.28. The minimum atomic E-state index is -0.734. The summed E-state index contributed by atoms with van der Waals surface area (Å²) < 4.78 is 1.70. The molecule has 1 N–H and O–H groups in total. The van der Waals surface area contributed by atoms with Crippen molar-refractivity contribution in [2.45, 2.75) is 25.5 Å². The second kappa shape index (κ2) is 10.6. The van der Waals surface area contributed by atoms with Gasteiger partial charge in [-0.05, 0) is 36.6 Å². The number of fused-ring (bicyclic) bond motifs is 1. The summed E-state index contributed by atoms with van der Waals surface area (Å²) in [5.41, 5.74) is 2.40. The summed E-state index contributed by atoms with van der Waals surface area (Å²) in [5.74, 6) is -0.693. The highest BCUT2D eigenvalue weighted by Crippen LogP contribution is 2.34. The lowest BCUT2D eigenvalue weighted by molar-refractivity contribution is -0.136. The zero-order valence-corrected chi connectivity index (χ0v) is 20.9. The van der Waals surface area contributed by atoms with Gasteiger partial charge in [0.05, 0.1) is 36.0 Å². The molecule has 1 atom stereocenters. The van der Waals surface area contributed by atoms with Crippen molar-refractivity contribution in [3.8, 4) is 0 Å². The summed E-state index contributed by atoms with van der Waals surface area (Å²) in [5, 5.41) is 14.7. The molecule has 192 valence electrons. The molecule has 0 spiro atoms.